The molecule has 1 heterocycles. The van der Waals surface area contributed by atoms with E-state index in [2.05, 4.69) is 22.5 Å². The lowest BCUT2D eigenvalue weighted by Crippen LogP contribution is -2.47. The zero-order chi connectivity index (χ0) is 14.4. The Morgan fingerprint density at radius 1 is 1.10 bits per heavy atom. The Morgan fingerprint density at radius 3 is 2.30 bits per heavy atom. The molecule has 4 heteroatoms. The molecule has 2 fully saturated rings. The molecule has 0 aromatic heterocycles. The van der Waals surface area contributed by atoms with Crippen LogP contribution in [-0.4, -0.2) is 49.6 Å². The van der Waals surface area contributed by atoms with Gasteiger partial charge in [-0.3, -0.25) is 4.79 Å². The molecule has 116 valence electrons. The van der Waals surface area contributed by atoms with Gasteiger partial charge in [0.2, 0.25) is 5.91 Å². The first kappa shape index (κ1) is 15.8. The van der Waals surface area contributed by atoms with Gasteiger partial charge < -0.3 is 15.5 Å². The zero-order valence-corrected chi connectivity index (χ0v) is 13.2. The van der Waals surface area contributed by atoms with Crippen molar-refractivity contribution < 1.29 is 4.79 Å². The molecule has 0 atom stereocenters. The van der Waals surface area contributed by atoms with Crippen LogP contribution in [0.5, 0.6) is 0 Å². The van der Waals surface area contributed by atoms with Crippen molar-refractivity contribution in [2.45, 2.75) is 64.0 Å². The molecule has 0 spiro atoms. The molecule has 2 aliphatic rings. The summed E-state index contributed by atoms with van der Waals surface area (Å²) in [4.78, 5) is 14.3. The van der Waals surface area contributed by atoms with Crippen molar-refractivity contribution >= 4 is 5.91 Å². The van der Waals surface area contributed by atoms with Gasteiger partial charge in [0.15, 0.2) is 0 Å². The topological polar surface area (TPSA) is 44.4 Å². The number of likely N-dealkylation sites (tertiary alicyclic amines) is 1. The van der Waals surface area contributed by atoms with E-state index in [1.807, 2.05) is 0 Å². The van der Waals surface area contributed by atoms with Gasteiger partial charge >= 0.3 is 0 Å². The minimum absolute atomic E-state index is 0.233. The van der Waals surface area contributed by atoms with Gasteiger partial charge in [0, 0.05) is 25.0 Å². The van der Waals surface area contributed by atoms with E-state index >= 15 is 0 Å². The molecular weight excluding hydrogens is 250 g/mol. The normalized spacial score (nSPS) is 29.3. The van der Waals surface area contributed by atoms with Crippen molar-refractivity contribution in [1.29, 1.82) is 0 Å². The fourth-order valence-electron chi connectivity index (χ4n) is 3.72. The van der Waals surface area contributed by atoms with E-state index in [9.17, 15) is 4.79 Å². The smallest absolute Gasteiger partial charge is 0.222 e. The summed E-state index contributed by atoms with van der Waals surface area (Å²) >= 11 is 0. The molecule has 4 nitrogen and oxygen atoms in total. The fourth-order valence-corrected chi connectivity index (χ4v) is 3.72. The van der Waals surface area contributed by atoms with Crippen molar-refractivity contribution in [3.8, 4) is 0 Å². The first-order chi connectivity index (χ1) is 9.74. The van der Waals surface area contributed by atoms with Gasteiger partial charge in [-0.15, -0.1) is 0 Å². The third kappa shape index (κ3) is 4.19. The molecule has 2 rings (SSSR count). The number of piperidine rings is 1. The third-order valence-corrected chi connectivity index (χ3v) is 5.04. The van der Waals surface area contributed by atoms with Gasteiger partial charge in [-0.25, -0.2) is 0 Å². The monoisotopic (exact) mass is 281 g/mol. The van der Waals surface area contributed by atoms with Crippen LogP contribution >= 0.6 is 0 Å². The van der Waals surface area contributed by atoms with Crippen molar-refractivity contribution in [1.82, 2.24) is 15.5 Å². The molecule has 1 amide bonds. The van der Waals surface area contributed by atoms with E-state index in [1.165, 1.54) is 32.1 Å². The lowest BCUT2D eigenvalue weighted by atomic mass is 9.87. The fraction of sp³-hybridized carbons (Fsp3) is 0.938. The van der Waals surface area contributed by atoms with E-state index in [1.54, 1.807) is 7.05 Å². The van der Waals surface area contributed by atoms with Crippen molar-refractivity contribution in [3.05, 3.63) is 0 Å². The van der Waals surface area contributed by atoms with Gasteiger partial charge in [-0.2, -0.15) is 0 Å². The van der Waals surface area contributed by atoms with Crippen LogP contribution < -0.4 is 10.6 Å². The highest BCUT2D eigenvalue weighted by Crippen LogP contribution is 2.27. The highest BCUT2D eigenvalue weighted by Gasteiger charge is 2.30. The Hall–Kier alpha value is -0.610. The van der Waals surface area contributed by atoms with Crippen molar-refractivity contribution in [2.75, 3.05) is 26.7 Å². The first-order valence-electron chi connectivity index (χ1n) is 8.43. The Bertz CT molecular complexity index is 292. The Labute approximate surface area is 123 Å². The maximum absolute atomic E-state index is 11.7. The van der Waals surface area contributed by atoms with Crippen LogP contribution in [0.4, 0.5) is 0 Å². The quantitative estimate of drug-likeness (QED) is 0.807. The van der Waals surface area contributed by atoms with Crippen LogP contribution in [0.1, 0.15) is 51.9 Å². The highest BCUT2D eigenvalue weighted by molar-refractivity contribution is 5.78. The molecule has 0 bridgehead atoms. The van der Waals surface area contributed by atoms with E-state index < -0.39 is 0 Å². The van der Waals surface area contributed by atoms with Crippen LogP contribution in [0.3, 0.4) is 0 Å². The number of carbonyl (C=O) groups is 1. The average molecular weight is 281 g/mol. The summed E-state index contributed by atoms with van der Waals surface area (Å²) in [6, 6.07) is 1.51. The first-order valence-corrected chi connectivity index (χ1v) is 8.43. The van der Waals surface area contributed by atoms with Gasteiger partial charge in [0.05, 0.1) is 0 Å². The van der Waals surface area contributed by atoms with Crippen LogP contribution in [0.2, 0.25) is 0 Å². The second-order valence-corrected chi connectivity index (χ2v) is 6.38. The molecule has 20 heavy (non-hydrogen) atoms. The molecular formula is C16H31N3O. The SMILES string of the molecule is CCCNC1CCC(N2CCC(C(=O)NC)CC2)CC1. The summed E-state index contributed by atoms with van der Waals surface area (Å²) in [7, 11) is 1.75. The molecule has 1 saturated heterocycles. The Kier molecular flexibility index (Phi) is 6.30. The van der Waals surface area contributed by atoms with E-state index in [0.717, 1.165) is 44.6 Å². The Morgan fingerprint density at radius 2 is 1.75 bits per heavy atom. The molecule has 0 aromatic carbocycles. The summed E-state index contributed by atoms with van der Waals surface area (Å²) < 4.78 is 0. The standard InChI is InChI=1S/C16H31N3O/c1-3-10-18-14-4-6-15(7-5-14)19-11-8-13(9-12-19)16(20)17-2/h13-15,18H,3-12H2,1-2H3,(H,17,20). The third-order valence-electron chi connectivity index (χ3n) is 5.04. The van der Waals surface area contributed by atoms with E-state index in [4.69, 9.17) is 0 Å². The van der Waals surface area contributed by atoms with Crippen LogP contribution in [0, 0.1) is 5.92 Å². The molecule has 2 N–H and O–H groups in total. The zero-order valence-electron chi connectivity index (χ0n) is 13.2. The lowest BCUT2D eigenvalue weighted by molar-refractivity contribution is -0.126. The number of carbonyl (C=O) groups excluding carboxylic acids is 1. The summed E-state index contributed by atoms with van der Waals surface area (Å²) in [5, 5.41) is 6.44. The van der Waals surface area contributed by atoms with Gasteiger partial charge in [0.1, 0.15) is 0 Å². The number of rotatable bonds is 5. The maximum Gasteiger partial charge on any atom is 0.222 e. The van der Waals surface area contributed by atoms with Crippen molar-refractivity contribution in [3.63, 3.8) is 0 Å². The predicted molar refractivity (Wildman–Crippen MR) is 82.7 cm³/mol. The summed E-state index contributed by atoms with van der Waals surface area (Å²) in [6.45, 7) is 5.60. The van der Waals surface area contributed by atoms with Crippen LogP contribution in [-0.2, 0) is 4.79 Å². The Balaban J connectivity index is 1.69. The number of amides is 1. The van der Waals surface area contributed by atoms with Gasteiger partial charge in [0.25, 0.3) is 0 Å². The largest absolute Gasteiger partial charge is 0.359 e. The maximum atomic E-state index is 11.7. The summed E-state index contributed by atoms with van der Waals surface area (Å²) in [5.41, 5.74) is 0. The molecule has 1 aliphatic carbocycles. The van der Waals surface area contributed by atoms with Gasteiger partial charge in [-0.05, 0) is 64.6 Å². The average Bonchev–Trinajstić information content (AvgIpc) is 2.53. The van der Waals surface area contributed by atoms with Crippen molar-refractivity contribution in [2.24, 2.45) is 5.92 Å². The molecule has 0 radical (unpaired) electrons. The number of nitrogens with one attached hydrogen (secondary N) is 2. The predicted octanol–water partition coefficient (Wildman–Crippen LogP) is 1.76. The summed E-state index contributed by atoms with van der Waals surface area (Å²) in [6.07, 6.45) is 8.59. The minimum Gasteiger partial charge on any atom is -0.359 e. The lowest BCUT2D eigenvalue weighted by Gasteiger charge is -2.40. The number of hydrogen-bond acceptors (Lipinski definition) is 3. The van der Waals surface area contributed by atoms with Crippen LogP contribution in [0.15, 0.2) is 0 Å². The van der Waals surface area contributed by atoms with Crippen LogP contribution in [0.25, 0.3) is 0 Å². The number of hydrogen-bond donors (Lipinski definition) is 2. The van der Waals surface area contributed by atoms with Gasteiger partial charge in [-0.1, -0.05) is 6.92 Å². The second-order valence-electron chi connectivity index (χ2n) is 6.38. The molecule has 0 aromatic rings. The number of nitrogens with zero attached hydrogens (tertiary/aromatic N) is 1. The molecule has 0 unspecified atom stereocenters. The summed E-state index contributed by atoms with van der Waals surface area (Å²) in [5.74, 6) is 0.482. The second kappa shape index (κ2) is 7.99. The minimum atomic E-state index is 0.233. The van der Waals surface area contributed by atoms with E-state index in [0.29, 0.717) is 0 Å². The molecule has 1 aliphatic heterocycles. The van der Waals surface area contributed by atoms with E-state index in [-0.39, 0.29) is 11.8 Å². The highest BCUT2D eigenvalue weighted by atomic mass is 16.1. The molecule has 1 saturated carbocycles.